The van der Waals surface area contributed by atoms with E-state index in [2.05, 4.69) is 4.72 Å². The van der Waals surface area contributed by atoms with E-state index in [-0.39, 0.29) is 17.2 Å². The number of thiophene rings is 1. The first-order chi connectivity index (χ1) is 11.0. The Morgan fingerprint density at radius 3 is 2.48 bits per heavy atom. The van der Waals surface area contributed by atoms with Crippen LogP contribution in [-0.4, -0.2) is 20.1 Å². The molecule has 2 heterocycles. The number of hydrogen-bond acceptors (Lipinski definition) is 5. The maximum Gasteiger partial charge on any atom is 0.240 e. The lowest BCUT2D eigenvalue weighted by Gasteiger charge is -2.25. The number of aliphatic hydroxyl groups is 1. The number of hydrogen-bond donors (Lipinski definition) is 2. The van der Waals surface area contributed by atoms with Gasteiger partial charge in [-0.05, 0) is 35.7 Å². The zero-order chi connectivity index (χ0) is 16.3. The molecule has 1 atom stereocenters. The highest BCUT2D eigenvalue weighted by Gasteiger charge is 2.37. The number of nitrogens with one attached hydrogen (secondary N) is 1. The molecule has 0 aliphatic rings. The van der Waals surface area contributed by atoms with Crippen molar-refractivity contribution in [1.29, 1.82) is 0 Å². The Labute approximate surface area is 138 Å². The van der Waals surface area contributed by atoms with E-state index >= 15 is 0 Å². The van der Waals surface area contributed by atoms with Crippen molar-refractivity contribution in [3.05, 3.63) is 76.9 Å². The number of benzene rings is 1. The Kier molecular flexibility index (Phi) is 4.36. The van der Waals surface area contributed by atoms with Crippen LogP contribution in [0.25, 0.3) is 0 Å². The Morgan fingerprint density at radius 2 is 1.87 bits per heavy atom. The topological polar surface area (TPSA) is 79.5 Å². The van der Waals surface area contributed by atoms with Gasteiger partial charge >= 0.3 is 0 Å². The van der Waals surface area contributed by atoms with E-state index in [0.29, 0.717) is 4.88 Å². The molecule has 0 bridgehead atoms. The maximum absolute atomic E-state index is 12.4. The van der Waals surface area contributed by atoms with Crippen molar-refractivity contribution in [3.63, 3.8) is 0 Å². The van der Waals surface area contributed by atoms with Crippen molar-refractivity contribution < 1.29 is 17.9 Å². The lowest BCUT2D eigenvalue weighted by atomic mass is 9.99. The number of furan rings is 1. The Hall–Kier alpha value is -1.93. The summed E-state index contributed by atoms with van der Waals surface area (Å²) in [4.78, 5) is 0.746. The van der Waals surface area contributed by atoms with Gasteiger partial charge in [0.25, 0.3) is 0 Å². The summed E-state index contributed by atoms with van der Waals surface area (Å²) < 4.78 is 32.5. The summed E-state index contributed by atoms with van der Waals surface area (Å²) in [6.45, 7) is -0.224. The molecule has 0 aliphatic carbocycles. The minimum Gasteiger partial charge on any atom is -0.466 e. The second kappa shape index (κ2) is 6.29. The largest absolute Gasteiger partial charge is 0.466 e. The zero-order valence-electron chi connectivity index (χ0n) is 12.0. The molecule has 23 heavy (non-hydrogen) atoms. The van der Waals surface area contributed by atoms with Crippen molar-refractivity contribution in [3.8, 4) is 0 Å². The molecule has 0 saturated carbocycles. The van der Waals surface area contributed by atoms with Crippen molar-refractivity contribution in [2.75, 3.05) is 6.54 Å². The van der Waals surface area contributed by atoms with Crippen LogP contribution in [0.3, 0.4) is 0 Å². The monoisotopic (exact) mass is 349 g/mol. The van der Waals surface area contributed by atoms with Crippen LogP contribution in [-0.2, 0) is 15.6 Å². The Balaban J connectivity index is 1.89. The van der Waals surface area contributed by atoms with Crippen molar-refractivity contribution in [2.45, 2.75) is 10.5 Å². The lowest BCUT2D eigenvalue weighted by Crippen LogP contribution is -2.40. The molecule has 0 aliphatic heterocycles. The molecule has 0 spiro atoms. The van der Waals surface area contributed by atoms with Gasteiger partial charge in [-0.1, -0.05) is 24.3 Å². The molecule has 0 saturated heterocycles. The third-order valence-corrected chi connectivity index (χ3v) is 5.87. The second-order valence-electron chi connectivity index (χ2n) is 4.95. The summed E-state index contributed by atoms with van der Waals surface area (Å²) >= 11 is 1.33. The van der Waals surface area contributed by atoms with E-state index in [9.17, 15) is 13.5 Å². The first-order valence-corrected chi connectivity index (χ1v) is 9.24. The summed E-state index contributed by atoms with van der Waals surface area (Å²) in [7, 11) is -3.72. The van der Waals surface area contributed by atoms with Crippen LogP contribution in [0.2, 0.25) is 0 Å². The molecule has 0 amide bonds. The predicted octanol–water partition coefficient (Wildman–Crippen LogP) is 2.56. The molecule has 2 aromatic heterocycles. The van der Waals surface area contributed by atoms with Crippen LogP contribution in [0, 0.1) is 0 Å². The fraction of sp³-hybridized carbons (Fsp3) is 0.125. The number of sulfonamides is 1. The van der Waals surface area contributed by atoms with Gasteiger partial charge in [0.05, 0.1) is 17.7 Å². The van der Waals surface area contributed by atoms with Crippen LogP contribution in [0.5, 0.6) is 0 Å². The fourth-order valence-electron chi connectivity index (χ4n) is 2.21. The molecule has 120 valence electrons. The minimum atomic E-state index is -3.72. The third kappa shape index (κ3) is 3.23. The van der Waals surface area contributed by atoms with Gasteiger partial charge in [-0.2, -0.15) is 0 Å². The van der Waals surface area contributed by atoms with Crippen molar-refractivity contribution >= 4 is 21.4 Å². The van der Waals surface area contributed by atoms with Crippen LogP contribution in [0.1, 0.15) is 10.6 Å². The van der Waals surface area contributed by atoms with E-state index < -0.39 is 15.6 Å². The average Bonchev–Trinajstić information content (AvgIpc) is 3.27. The van der Waals surface area contributed by atoms with Gasteiger partial charge in [-0.15, -0.1) is 11.3 Å². The smallest absolute Gasteiger partial charge is 0.240 e. The van der Waals surface area contributed by atoms with Crippen molar-refractivity contribution in [2.24, 2.45) is 0 Å². The van der Waals surface area contributed by atoms with E-state index in [0.717, 1.165) is 0 Å². The lowest BCUT2D eigenvalue weighted by molar-refractivity contribution is 0.0655. The molecule has 1 aromatic carbocycles. The standard InChI is InChI=1S/C16H15NO4S2/c18-16(14-8-4-10-21-14,15-9-5-11-22-15)12-17-23(19,20)13-6-2-1-3-7-13/h1-11,17-18H,12H2/t16-/m1/s1. The van der Waals surface area contributed by atoms with Crippen LogP contribution < -0.4 is 4.72 Å². The summed E-state index contributed by atoms with van der Waals surface area (Å²) in [6, 6.07) is 14.8. The summed E-state index contributed by atoms with van der Waals surface area (Å²) in [5.41, 5.74) is -1.56. The molecule has 0 radical (unpaired) electrons. The van der Waals surface area contributed by atoms with Gasteiger partial charge in [0.1, 0.15) is 5.76 Å². The van der Waals surface area contributed by atoms with Crippen LogP contribution in [0.4, 0.5) is 0 Å². The Morgan fingerprint density at radius 1 is 1.09 bits per heavy atom. The molecular weight excluding hydrogens is 334 g/mol. The normalized spacial score (nSPS) is 14.5. The van der Waals surface area contributed by atoms with E-state index in [1.807, 2.05) is 5.38 Å². The first-order valence-electron chi connectivity index (χ1n) is 6.87. The first kappa shape index (κ1) is 15.9. The van der Waals surface area contributed by atoms with Gasteiger partial charge in [0.2, 0.25) is 10.0 Å². The minimum absolute atomic E-state index is 0.146. The molecular formula is C16H15NO4S2. The van der Waals surface area contributed by atoms with Gasteiger partial charge in [0, 0.05) is 4.88 Å². The van der Waals surface area contributed by atoms with E-state index in [4.69, 9.17) is 4.42 Å². The molecule has 3 aromatic rings. The highest BCUT2D eigenvalue weighted by atomic mass is 32.2. The maximum atomic E-state index is 12.4. The summed E-state index contributed by atoms with van der Waals surface area (Å²) in [6.07, 6.45) is 1.44. The zero-order valence-corrected chi connectivity index (χ0v) is 13.7. The van der Waals surface area contributed by atoms with Gasteiger partial charge in [0.15, 0.2) is 5.60 Å². The van der Waals surface area contributed by atoms with Gasteiger partial charge in [-0.25, -0.2) is 13.1 Å². The predicted molar refractivity (Wildman–Crippen MR) is 87.7 cm³/mol. The highest BCUT2D eigenvalue weighted by Crippen LogP contribution is 2.33. The SMILES string of the molecule is O=S(=O)(NC[C@@](O)(c1ccco1)c1cccs1)c1ccccc1. The molecule has 2 N–H and O–H groups in total. The molecule has 0 unspecified atom stereocenters. The van der Waals surface area contributed by atoms with E-state index in [1.165, 1.54) is 29.7 Å². The molecule has 3 rings (SSSR count). The molecule has 7 heteroatoms. The molecule has 5 nitrogen and oxygen atoms in total. The van der Waals surface area contributed by atoms with Crippen LogP contribution in [0.15, 0.2) is 75.6 Å². The second-order valence-corrected chi connectivity index (χ2v) is 7.67. The van der Waals surface area contributed by atoms with Crippen molar-refractivity contribution in [1.82, 2.24) is 4.72 Å². The third-order valence-electron chi connectivity index (χ3n) is 3.43. The van der Waals surface area contributed by atoms with Crippen LogP contribution >= 0.6 is 11.3 Å². The average molecular weight is 349 g/mol. The van der Waals surface area contributed by atoms with Gasteiger partial charge in [-0.3, -0.25) is 0 Å². The summed E-state index contributed by atoms with van der Waals surface area (Å²) in [5, 5.41) is 12.8. The summed E-state index contributed by atoms with van der Waals surface area (Å²) in [5.74, 6) is 0.288. The fourth-order valence-corrected chi connectivity index (χ4v) is 4.12. The van der Waals surface area contributed by atoms with E-state index in [1.54, 1.807) is 42.5 Å². The van der Waals surface area contributed by atoms with Gasteiger partial charge < -0.3 is 9.52 Å². The molecule has 0 fully saturated rings. The quantitative estimate of drug-likeness (QED) is 0.717. The Bertz CT molecular complexity index is 807. The number of rotatable bonds is 6. The highest BCUT2D eigenvalue weighted by molar-refractivity contribution is 7.89.